The lowest BCUT2D eigenvalue weighted by Crippen LogP contribution is -2.53. The topological polar surface area (TPSA) is 48.3 Å². The van der Waals surface area contributed by atoms with Crippen molar-refractivity contribution in [2.24, 2.45) is 5.92 Å². The van der Waals surface area contributed by atoms with Crippen molar-refractivity contribution < 1.29 is 4.74 Å². The summed E-state index contributed by atoms with van der Waals surface area (Å²) in [7, 11) is 1.90. The van der Waals surface area contributed by atoms with Crippen LogP contribution in [0, 0.1) is 17.2 Å². The van der Waals surface area contributed by atoms with Crippen LogP contribution in [-0.2, 0) is 4.74 Å². The highest BCUT2D eigenvalue weighted by molar-refractivity contribution is 5.16. The Hall–Kier alpha value is -0.630. The molecule has 1 rings (SSSR count). The molecule has 1 aliphatic carbocycles. The smallest absolute Gasteiger partial charge is 0.122 e. The van der Waals surface area contributed by atoms with E-state index >= 15 is 0 Å². The van der Waals surface area contributed by atoms with Gasteiger partial charge in [0.15, 0.2) is 0 Å². The second-order valence-electron chi connectivity index (χ2n) is 4.67. The molecule has 0 bridgehead atoms. The molecule has 0 saturated heterocycles. The van der Waals surface area contributed by atoms with E-state index < -0.39 is 0 Å². The molecule has 0 spiro atoms. The van der Waals surface area contributed by atoms with Gasteiger partial charge in [0.25, 0.3) is 0 Å². The monoisotopic (exact) mass is 239 g/mol. The highest BCUT2D eigenvalue weighted by Gasteiger charge is 2.45. The molecule has 1 unspecified atom stereocenters. The van der Waals surface area contributed by atoms with Crippen LogP contribution in [-0.4, -0.2) is 50.3 Å². The molecule has 1 fully saturated rings. The second kappa shape index (κ2) is 6.95. The van der Waals surface area contributed by atoms with Gasteiger partial charge in [-0.3, -0.25) is 4.90 Å². The summed E-state index contributed by atoms with van der Waals surface area (Å²) >= 11 is 0. The van der Waals surface area contributed by atoms with Crippen LogP contribution in [0.1, 0.15) is 26.7 Å². The fraction of sp³-hybridized carbons (Fsp3) is 0.923. The van der Waals surface area contributed by atoms with Crippen molar-refractivity contribution in [1.82, 2.24) is 10.2 Å². The maximum atomic E-state index is 9.43. The Morgan fingerprint density at radius 2 is 2.18 bits per heavy atom. The van der Waals surface area contributed by atoms with Crippen LogP contribution in [0.3, 0.4) is 0 Å². The zero-order valence-electron chi connectivity index (χ0n) is 11.3. The molecule has 0 aromatic carbocycles. The third-order valence-corrected chi connectivity index (χ3v) is 3.60. The van der Waals surface area contributed by atoms with Crippen molar-refractivity contribution in [3.8, 4) is 6.07 Å². The van der Waals surface area contributed by atoms with Gasteiger partial charge in [-0.25, -0.2) is 0 Å². The van der Waals surface area contributed by atoms with Gasteiger partial charge >= 0.3 is 0 Å². The molecule has 0 heterocycles. The summed E-state index contributed by atoms with van der Waals surface area (Å²) < 4.78 is 5.38. The molecule has 1 N–H and O–H groups in total. The third-order valence-electron chi connectivity index (χ3n) is 3.60. The van der Waals surface area contributed by atoms with Gasteiger partial charge in [0.2, 0.25) is 0 Å². The fourth-order valence-electron chi connectivity index (χ4n) is 2.21. The van der Waals surface area contributed by atoms with Gasteiger partial charge in [-0.2, -0.15) is 5.26 Å². The van der Waals surface area contributed by atoms with Gasteiger partial charge in [-0.1, -0.05) is 6.92 Å². The highest BCUT2D eigenvalue weighted by Crippen LogP contribution is 2.39. The summed E-state index contributed by atoms with van der Waals surface area (Å²) in [5.41, 5.74) is -0.359. The molecular formula is C13H25N3O. The van der Waals surface area contributed by atoms with Crippen molar-refractivity contribution in [3.05, 3.63) is 0 Å². The number of nitrogens with zero attached hydrogens (tertiary/aromatic N) is 2. The standard InChI is InChI=1S/C13H25N3O/c1-4-16(8-9-17-5-2)11-13(10-14,15-3)12-6-7-12/h12,15H,4-9,11H2,1-3H3. The minimum Gasteiger partial charge on any atom is -0.380 e. The number of nitriles is 1. The summed E-state index contributed by atoms with van der Waals surface area (Å²) in [5.74, 6) is 0.527. The molecule has 0 aromatic rings. The molecule has 0 aliphatic heterocycles. The molecule has 4 nitrogen and oxygen atoms in total. The van der Waals surface area contributed by atoms with E-state index in [0.29, 0.717) is 5.92 Å². The first-order valence-corrected chi connectivity index (χ1v) is 6.62. The zero-order chi connectivity index (χ0) is 12.7. The lowest BCUT2D eigenvalue weighted by molar-refractivity contribution is 0.104. The number of hydrogen-bond acceptors (Lipinski definition) is 4. The summed E-state index contributed by atoms with van der Waals surface area (Å²) in [6.07, 6.45) is 2.36. The summed E-state index contributed by atoms with van der Waals surface area (Å²) in [6, 6.07) is 2.49. The number of nitrogens with one attached hydrogen (secondary N) is 1. The van der Waals surface area contributed by atoms with Gasteiger partial charge in [-0.05, 0) is 39.3 Å². The Bertz CT molecular complexity index is 260. The highest BCUT2D eigenvalue weighted by atomic mass is 16.5. The summed E-state index contributed by atoms with van der Waals surface area (Å²) in [5, 5.41) is 12.7. The Kier molecular flexibility index (Phi) is 5.90. The molecule has 1 aliphatic rings. The summed E-state index contributed by atoms with van der Waals surface area (Å²) in [6.45, 7) is 8.32. The fourth-order valence-corrected chi connectivity index (χ4v) is 2.21. The Balaban J connectivity index is 2.49. The first kappa shape index (κ1) is 14.4. The lowest BCUT2D eigenvalue weighted by Gasteiger charge is -2.32. The van der Waals surface area contributed by atoms with Gasteiger partial charge in [0.1, 0.15) is 5.54 Å². The van der Waals surface area contributed by atoms with E-state index in [1.807, 2.05) is 14.0 Å². The largest absolute Gasteiger partial charge is 0.380 e. The number of hydrogen-bond donors (Lipinski definition) is 1. The average Bonchev–Trinajstić information content (AvgIpc) is 3.19. The van der Waals surface area contributed by atoms with Crippen LogP contribution in [0.15, 0.2) is 0 Å². The van der Waals surface area contributed by atoms with Crippen LogP contribution in [0.2, 0.25) is 0 Å². The second-order valence-corrected chi connectivity index (χ2v) is 4.67. The Morgan fingerprint density at radius 3 is 2.59 bits per heavy atom. The summed E-state index contributed by atoms with van der Waals surface area (Å²) in [4.78, 5) is 2.30. The Morgan fingerprint density at radius 1 is 1.47 bits per heavy atom. The SMILES string of the molecule is CCOCCN(CC)CC(C#N)(NC)C1CC1. The van der Waals surface area contributed by atoms with Crippen molar-refractivity contribution >= 4 is 0 Å². The van der Waals surface area contributed by atoms with Crippen LogP contribution >= 0.6 is 0 Å². The average molecular weight is 239 g/mol. The lowest BCUT2D eigenvalue weighted by atomic mass is 9.94. The van der Waals surface area contributed by atoms with E-state index in [1.165, 1.54) is 12.8 Å². The molecule has 98 valence electrons. The van der Waals surface area contributed by atoms with E-state index in [-0.39, 0.29) is 5.54 Å². The minimum atomic E-state index is -0.359. The predicted molar refractivity (Wildman–Crippen MR) is 68.7 cm³/mol. The number of ether oxygens (including phenoxy) is 1. The number of likely N-dealkylation sites (N-methyl/N-ethyl adjacent to an activating group) is 2. The van der Waals surface area contributed by atoms with Crippen LogP contribution in [0.5, 0.6) is 0 Å². The maximum absolute atomic E-state index is 9.43. The van der Waals surface area contributed by atoms with Gasteiger partial charge in [-0.15, -0.1) is 0 Å². The Labute approximate surface area is 105 Å². The zero-order valence-corrected chi connectivity index (χ0v) is 11.3. The van der Waals surface area contributed by atoms with Gasteiger partial charge < -0.3 is 10.1 Å². The van der Waals surface area contributed by atoms with E-state index in [1.54, 1.807) is 0 Å². The van der Waals surface area contributed by atoms with E-state index in [9.17, 15) is 5.26 Å². The molecule has 0 aromatic heterocycles. The van der Waals surface area contributed by atoms with Crippen molar-refractivity contribution in [2.75, 3.05) is 39.9 Å². The maximum Gasteiger partial charge on any atom is 0.122 e. The van der Waals surface area contributed by atoms with Crippen molar-refractivity contribution in [3.63, 3.8) is 0 Å². The van der Waals surface area contributed by atoms with E-state index in [0.717, 1.165) is 32.8 Å². The van der Waals surface area contributed by atoms with Crippen LogP contribution in [0.25, 0.3) is 0 Å². The van der Waals surface area contributed by atoms with E-state index in [4.69, 9.17) is 4.74 Å². The molecule has 0 amide bonds. The normalized spacial score (nSPS) is 19.0. The van der Waals surface area contributed by atoms with Gasteiger partial charge in [0, 0.05) is 19.7 Å². The third kappa shape index (κ3) is 3.95. The van der Waals surface area contributed by atoms with Crippen LogP contribution in [0.4, 0.5) is 0 Å². The molecule has 1 saturated carbocycles. The molecule has 0 radical (unpaired) electrons. The molecule has 17 heavy (non-hydrogen) atoms. The first-order valence-electron chi connectivity index (χ1n) is 6.62. The quantitative estimate of drug-likeness (QED) is 0.615. The number of rotatable bonds is 9. The van der Waals surface area contributed by atoms with Gasteiger partial charge in [0.05, 0.1) is 12.7 Å². The minimum absolute atomic E-state index is 0.359. The van der Waals surface area contributed by atoms with Crippen molar-refractivity contribution in [2.45, 2.75) is 32.2 Å². The molecule has 4 heteroatoms. The first-order chi connectivity index (χ1) is 8.22. The predicted octanol–water partition coefficient (Wildman–Crippen LogP) is 1.24. The van der Waals surface area contributed by atoms with Crippen molar-refractivity contribution in [1.29, 1.82) is 5.26 Å². The van der Waals surface area contributed by atoms with Crippen LogP contribution < -0.4 is 5.32 Å². The molecular weight excluding hydrogens is 214 g/mol. The molecule has 1 atom stereocenters. The van der Waals surface area contributed by atoms with E-state index in [2.05, 4.69) is 23.2 Å².